The predicted molar refractivity (Wildman–Crippen MR) is 107 cm³/mol. The number of pyridine rings is 1. The molecular weight excluding hydrogens is 374 g/mol. The maximum absolute atomic E-state index is 13.1. The monoisotopic (exact) mass is 387 g/mol. The summed E-state index contributed by atoms with van der Waals surface area (Å²) in [6.45, 7) is 0. The van der Waals surface area contributed by atoms with Gasteiger partial charge in [-0.15, -0.1) is 0 Å². The topological polar surface area (TPSA) is 124 Å². The Morgan fingerprint density at radius 2 is 1.66 bits per heavy atom. The average Bonchev–Trinajstić information content (AvgIpc) is 2.75. The van der Waals surface area contributed by atoms with Crippen molar-refractivity contribution in [3.05, 3.63) is 93.0 Å². The van der Waals surface area contributed by atoms with E-state index in [1.165, 1.54) is 36.8 Å². The maximum atomic E-state index is 13.1. The lowest BCUT2D eigenvalue weighted by Gasteiger charge is -2.13. The van der Waals surface area contributed by atoms with Gasteiger partial charge in [0.15, 0.2) is 0 Å². The zero-order chi connectivity index (χ0) is 20.4. The third kappa shape index (κ3) is 3.21. The Labute approximate surface area is 163 Å². The summed E-state index contributed by atoms with van der Waals surface area (Å²) >= 11 is 0. The molecule has 29 heavy (non-hydrogen) atoms. The van der Waals surface area contributed by atoms with Crippen molar-refractivity contribution in [2.24, 2.45) is 4.99 Å². The van der Waals surface area contributed by atoms with Gasteiger partial charge in [-0.1, -0.05) is 30.3 Å². The highest BCUT2D eigenvalue weighted by Crippen LogP contribution is 2.30. The minimum atomic E-state index is -0.609. The normalized spacial score (nSPS) is 11.2. The van der Waals surface area contributed by atoms with Crippen LogP contribution in [-0.4, -0.2) is 30.8 Å². The Morgan fingerprint density at radius 1 is 1.00 bits per heavy atom. The highest BCUT2D eigenvalue weighted by molar-refractivity contribution is 6.02. The molecule has 0 amide bonds. The molecule has 1 N–H and O–H groups in total. The first-order valence-electron chi connectivity index (χ1n) is 8.49. The fraction of sp³-hybridized carbons (Fsp3) is 0. The predicted octanol–water partition coefficient (Wildman–Crippen LogP) is 3.15. The number of aromatic hydroxyl groups is 1. The number of nitrogens with zero attached hydrogens (tertiary/aromatic N) is 5. The van der Waals surface area contributed by atoms with Crippen LogP contribution in [-0.2, 0) is 0 Å². The average molecular weight is 387 g/mol. The highest BCUT2D eigenvalue weighted by atomic mass is 16.6. The molecule has 2 heterocycles. The first-order chi connectivity index (χ1) is 14.1. The van der Waals surface area contributed by atoms with E-state index in [1.807, 2.05) is 0 Å². The second kappa shape index (κ2) is 7.31. The number of aliphatic imine (C=N–C) groups is 1. The third-order valence-electron chi connectivity index (χ3n) is 4.28. The van der Waals surface area contributed by atoms with Crippen molar-refractivity contribution in [3.8, 4) is 11.6 Å². The van der Waals surface area contributed by atoms with Crippen LogP contribution < -0.4 is 5.56 Å². The minimum Gasteiger partial charge on any atom is -0.494 e. The Bertz CT molecular complexity index is 1320. The van der Waals surface area contributed by atoms with Gasteiger partial charge in [-0.3, -0.25) is 14.9 Å². The van der Waals surface area contributed by atoms with Crippen LogP contribution in [0.3, 0.4) is 0 Å². The number of para-hydroxylation sites is 2. The van der Waals surface area contributed by atoms with E-state index >= 15 is 0 Å². The number of hydrogen-bond donors (Lipinski definition) is 1. The second-order valence-electron chi connectivity index (χ2n) is 5.98. The van der Waals surface area contributed by atoms with Crippen molar-refractivity contribution < 1.29 is 10.0 Å². The van der Waals surface area contributed by atoms with Crippen LogP contribution >= 0.6 is 0 Å². The highest BCUT2D eigenvalue weighted by Gasteiger charge is 2.22. The van der Waals surface area contributed by atoms with Gasteiger partial charge < -0.3 is 5.11 Å². The molecule has 142 valence electrons. The number of aromatic nitrogens is 3. The standard InChI is InChI=1S/C20H13N5O4/c26-18-14-7-2-1-6-13(14)15(12-23-20-21-10-5-11-22-20)19(27)24(18)16-8-3-4-9-17(16)25(28)29/h1-12,27H. The third-order valence-corrected chi connectivity index (χ3v) is 4.28. The van der Waals surface area contributed by atoms with Crippen LogP contribution in [0.2, 0.25) is 0 Å². The van der Waals surface area contributed by atoms with E-state index in [9.17, 15) is 20.0 Å². The number of nitro groups is 1. The van der Waals surface area contributed by atoms with E-state index in [1.54, 1.807) is 36.4 Å². The Kier molecular flexibility index (Phi) is 4.54. The maximum Gasteiger partial charge on any atom is 0.293 e. The van der Waals surface area contributed by atoms with Gasteiger partial charge in [0.25, 0.3) is 11.2 Å². The van der Waals surface area contributed by atoms with Crippen LogP contribution in [0.1, 0.15) is 5.56 Å². The molecule has 9 heteroatoms. The summed E-state index contributed by atoms with van der Waals surface area (Å²) in [6, 6.07) is 14.0. The molecule has 2 aromatic carbocycles. The largest absolute Gasteiger partial charge is 0.494 e. The first-order valence-corrected chi connectivity index (χ1v) is 8.49. The van der Waals surface area contributed by atoms with Gasteiger partial charge in [0, 0.05) is 35.4 Å². The fourth-order valence-corrected chi connectivity index (χ4v) is 3.00. The fourth-order valence-electron chi connectivity index (χ4n) is 3.00. The zero-order valence-electron chi connectivity index (χ0n) is 14.8. The van der Waals surface area contributed by atoms with Crippen LogP contribution in [0, 0.1) is 10.1 Å². The second-order valence-corrected chi connectivity index (χ2v) is 5.98. The van der Waals surface area contributed by atoms with Crippen molar-refractivity contribution in [1.29, 1.82) is 0 Å². The van der Waals surface area contributed by atoms with Crippen LogP contribution in [0.5, 0.6) is 5.88 Å². The number of benzene rings is 2. The lowest BCUT2D eigenvalue weighted by atomic mass is 10.1. The molecule has 0 radical (unpaired) electrons. The summed E-state index contributed by atoms with van der Waals surface area (Å²) in [5, 5.41) is 23.1. The molecule has 0 atom stereocenters. The van der Waals surface area contributed by atoms with Crippen LogP contribution in [0.25, 0.3) is 16.5 Å². The van der Waals surface area contributed by atoms with E-state index in [-0.39, 0.29) is 28.3 Å². The summed E-state index contributed by atoms with van der Waals surface area (Å²) < 4.78 is 0.910. The molecule has 0 aliphatic heterocycles. The summed E-state index contributed by atoms with van der Waals surface area (Å²) in [7, 11) is 0. The molecule has 0 saturated carbocycles. The number of hydrogen-bond acceptors (Lipinski definition) is 7. The van der Waals surface area contributed by atoms with Crippen LogP contribution in [0.4, 0.5) is 11.6 Å². The minimum absolute atomic E-state index is 0.0450. The Morgan fingerprint density at radius 3 is 2.38 bits per heavy atom. The summed E-state index contributed by atoms with van der Waals surface area (Å²) in [5.41, 5.74) is -0.725. The molecule has 9 nitrogen and oxygen atoms in total. The van der Waals surface area contributed by atoms with Crippen molar-refractivity contribution in [2.75, 3.05) is 0 Å². The summed E-state index contributed by atoms with van der Waals surface area (Å²) in [6.07, 6.45) is 4.37. The molecule has 0 fully saturated rings. The molecular formula is C20H13N5O4. The quantitative estimate of drug-likeness (QED) is 0.326. The van der Waals surface area contributed by atoms with Crippen molar-refractivity contribution >= 4 is 28.6 Å². The van der Waals surface area contributed by atoms with Crippen molar-refractivity contribution in [1.82, 2.24) is 14.5 Å². The number of nitro benzene ring substituents is 1. The summed E-state index contributed by atoms with van der Waals surface area (Å²) in [4.78, 5) is 36.0. The molecule has 0 bridgehead atoms. The van der Waals surface area contributed by atoms with Crippen LogP contribution in [0.15, 0.2) is 76.8 Å². The smallest absolute Gasteiger partial charge is 0.293 e. The number of rotatable bonds is 4. The molecule has 0 saturated heterocycles. The van der Waals surface area contributed by atoms with E-state index in [2.05, 4.69) is 15.0 Å². The van der Waals surface area contributed by atoms with Gasteiger partial charge >= 0.3 is 0 Å². The Hall–Kier alpha value is -4.40. The van der Waals surface area contributed by atoms with Crippen molar-refractivity contribution in [3.63, 3.8) is 0 Å². The van der Waals surface area contributed by atoms with Gasteiger partial charge in [0.05, 0.1) is 10.5 Å². The van der Waals surface area contributed by atoms with Gasteiger partial charge in [-0.05, 0) is 18.2 Å². The zero-order valence-corrected chi connectivity index (χ0v) is 14.8. The molecule has 0 unspecified atom stereocenters. The lowest BCUT2D eigenvalue weighted by molar-refractivity contribution is -0.384. The molecule has 0 spiro atoms. The molecule has 2 aromatic heterocycles. The molecule has 4 aromatic rings. The van der Waals surface area contributed by atoms with E-state index in [4.69, 9.17) is 0 Å². The molecule has 0 aliphatic carbocycles. The van der Waals surface area contributed by atoms with E-state index in [0.717, 1.165) is 4.57 Å². The van der Waals surface area contributed by atoms with Gasteiger partial charge in [0.2, 0.25) is 11.8 Å². The van der Waals surface area contributed by atoms with E-state index < -0.39 is 16.4 Å². The Balaban J connectivity index is 2.04. The van der Waals surface area contributed by atoms with Crippen molar-refractivity contribution in [2.45, 2.75) is 0 Å². The van der Waals surface area contributed by atoms with Gasteiger partial charge in [-0.25, -0.2) is 19.5 Å². The summed E-state index contributed by atoms with van der Waals surface area (Å²) in [5.74, 6) is -0.304. The van der Waals surface area contributed by atoms with Gasteiger partial charge in [-0.2, -0.15) is 0 Å². The number of fused-ring (bicyclic) bond motifs is 1. The lowest BCUT2D eigenvalue weighted by Crippen LogP contribution is -2.21. The first kappa shape index (κ1) is 18.0. The molecule has 4 rings (SSSR count). The van der Waals surface area contributed by atoms with E-state index in [0.29, 0.717) is 5.39 Å². The SMILES string of the molecule is O=c1c2ccccc2c(C=Nc2ncccn2)c(O)n1-c1ccccc1[N+](=O)[O-]. The van der Waals surface area contributed by atoms with Gasteiger partial charge in [0.1, 0.15) is 5.69 Å². The molecule has 0 aliphatic rings.